The molecular formula is C26H27FN4O5. The van der Waals surface area contributed by atoms with Gasteiger partial charge in [0.25, 0.3) is 11.8 Å². The van der Waals surface area contributed by atoms with Gasteiger partial charge in [-0.25, -0.2) is 4.39 Å². The van der Waals surface area contributed by atoms with Crippen molar-refractivity contribution in [3.63, 3.8) is 0 Å². The lowest BCUT2D eigenvalue weighted by molar-refractivity contribution is 0.0760. The maximum absolute atomic E-state index is 14.9. The Labute approximate surface area is 207 Å². The molecule has 3 aromatic rings. The molecule has 36 heavy (non-hydrogen) atoms. The number of rotatable bonds is 5. The number of benzene rings is 2. The number of β-amino-alcohol motifs (C(OH)–C–C–N with tert-alkyl or cyclic N) is 1. The Kier molecular flexibility index (Phi) is 5.91. The van der Waals surface area contributed by atoms with Crippen LogP contribution in [0.3, 0.4) is 0 Å². The fourth-order valence-electron chi connectivity index (χ4n) is 4.49. The fourth-order valence-corrected chi connectivity index (χ4v) is 4.49. The van der Waals surface area contributed by atoms with Crippen LogP contribution < -0.4 is 14.8 Å². The number of halogens is 1. The minimum Gasteiger partial charge on any atom is -0.487 e. The number of carbonyl (C=O) groups is 2. The first kappa shape index (κ1) is 23.8. The fraction of sp³-hybridized carbons (Fsp3) is 0.346. The molecule has 1 saturated heterocycles. The Morgan fingerprint density at radius 1 is 1.25 bits per heavy atom. The monoisotopic (exact) mass is 494 g/mol. The summed E-state index contributed by atoms with van der Waals surface area (Å²) in [4.78, 5) is 27.0. The first-order valence-electron chi connectivity index (χ1n) is 11.7. The average Bonchev–Trinajstić information content (AvgIpc) is 3.50. The second-order valence-electron chi connectivity index (χ2n) is 9.76. The number of aromatic nitrogens is 2. The van der Waals surface area contributed by atoms with Crippen molar-refractivity contribution in [3.8, 4) is 17.2 Å². The van der Waals surface area contributed by atoms with Crippen LogP contribution >= 0.6 is 0 Å². The molecule has 0 radical (unpaired) electrons. The molecule has 3 heterocycles. The molecule has 0 saturated carbocycles. The van der Waals surface area contributed by atoms with Gasteiger partial charge in [0, 0.05) is 56.0 Å². The van der Waals surface area contributed by atoms with E-state index in [2.05, 4.69) is 10.4 Å². The number of anilines is 1. The van der Waals surface area contributed by atoms with Crippen molar-refractivity contribution >= 4 is 17.6 Å². The standard InChI is InChI=1S/C26H27FN4O5/c1-26(2)13-19-21(10-15(11-22(19)36-26)24(33)28-23-7-8-30(3)29-23)35-17-4-5-18(20(27)12-17)25(34)31-9-6-16(32)14-31/h4-5,7-8,10-12,16,32H,6,9,13-14H2,1-3H3,(H,28,29,33)/t16-/m0/s1. The number of aliphatic hydroxyl groups excluding tert-OH is 1. The zero-order valence-corrected chi connectivity index (χ0v) is 20.2. The van der Waals surface area contributed by atoms with Crippen LogP contribution in [0.1, 0.15) is 46.5 Å². The summed E-state index contributed by atoms with van der Waals surface area (Å²) in [5.41, 5.74) is 0.473. The van der Waals surface area contributed by atoms with Crippen LogP contribution in [0.15, 0.2) is 42.6 Å². The lowest BCUT2D eigenvalue weighted by Gasteiger charge is -2.17. The number of hydrogen-bond acceptors (Lipinski definition) is 6. The van der Waals surface area contributed by atoms with Gasteiger partial charge in [0.15, 0.2) is 5.82 Å². The van der Waals surface area contributed by atoms with Crippen molar-refractivity contribution in [1.82, 2.24) is 14.7 Å². The molecule has 2 aliphatic heterocycles. The number of aliphatic hydroxyl groups is 1. The van der Waals surface area contributed by atoms with Crippen LogP contribution in [0.4, 0.5) is 10.2 Å². The van der Waals surface area contributed by atoms with Crippen molar-refractivity contribution in [1.29, 1.82) is 0 Å². The third kappa shape index (κ3) is 4.76. The van der Waals surface area contributed by atoms with E-state index >= 15 is 0 Å². The molecule has 10 heteroatoms. The van der Waals surface area contributed by atoms with Gasteiger partial charge in [-0.15, -0.1) is 0 Å². The topological polar surface area (TPSA) is 106 Å². The van der Waals surface area contributed by atoms with Gasteiger partial charge in [0.2, 0.25) is 0 Å². The molecule has 0 spiro atoms. The van der Waals surface area contributed by atoms with Gasteiger partial charge in [-0.2, -0.15) is 5.10 Å². The lowest BCUT2D eigenvalue weighted by Crippen LogP contribution is -2.30. The SMILES string of the molecule is Cn1ccc(NC(=O)c2cc(Oc3ccc(C(=O)N4CC[C@H](O)C4)c(F)c3)c3c(c2)OC(C)(C)C3)n1. The van der Waals surface area contributed by atoms with Crippen molar-refractivity contribution in [3.05, 3.63) is 65.1 Å². The summed E-state index contributed by atoms with van der Waals surface area (Å²) in [6.45, 7) is 4.43. The first-order valence-corrected chi connectivity index (χ1v) is 11.7. The third-order valence-corrected chi connectivity index (χ3v) is 6.22. The van der Waals surface area contributed by atoms with Gasteiger partial charge in [0.05, 0.1) is 11.7 Å². The Bertz CT molecular complexity index is 1350. The molecule has 9 nitrogen and oxygen atoms in total. The van der Waals surface area contributed by atoms with E-state index in [0.29, 0.717) is 42.3 Å². The Morgan fingerprint density at radius 2 is 2.06 bits per heavy atom. The highest BCUT2D eigenvalue weighted by atomic mass is 19.1. The minimum atomic E-state index is -0.726. The quantitative estimate of drug-likeness (QED) is 0.562. The zero-order chi connectivity index (χ0) is 25.6. The van der Waals surface area contributed by atoms with Crippen LogP contribution in [0, 0.1) is 5.82 Å². The molecule has 2 aromatic carbocycles. The summed E-state index contributed by atoms with van der Waals surface area (Å²) in [5, 5.41) is 16.6. The second kappa shape index (κ2) is 8.94. The first-order chi connectivity index (χ1) is 17.1. The van der Waals surface area contributed by atoms with Crippen molar-refractivity contribution in [2.75, 3.05) is 18.4 Å². The van der Waals surface area contributed by atoms with Crippen LogP contribution in [0.5, 0.6) is 17.2 Å². The number of likely N-dealkylation sites (tertiary alicyclic amines) is 1. The van der Waals surface area contributed by atoms with E-state index < -0.39 is 29.3 Å². The summed E-state index contributed by atoms with van der Waals surface area (Å²) in [6, 6.07) is 8.95. The van der Waals surface area contributed by atoms with Crippen molar-refractivity contribution in [2.45, 2.75) is 38.4 Å². The maximum atomic E-state index is 14.9. The number of aryl methyl sites for hydroxylation is 1. The smallest absolute Gasteiger partial charge is 0.257 e. The molecule has 0 unspecified atom stereocenters. The van der Waals surface area contributed by atoms with E-state index in [0.717, 1.165) is 11.6 Å². The van der Waals surface area contributed by atoms with E-state index in [1.807, 2.05) is 13.8 Å². The summed E-state index contributed by atoms with van der Waals surface area (Å²) in [5.74, 6) is -0.126. The Hall–Kier alpha value is -3.92. The Balaban J connectivity index is 1.42. The van der Waals surface area contributed by atoms with E-state index in [4.69, 9.17) is 9.47 Å². The maximum Gasteiger partial charge on any atom is 0.257 e. The molecule has 2 amide bonds. The molecule has 1 fully saturated rings. The van der Waals surface area contributed by atoms with Gasteiger partial charge in [-0.1, -0.05) is 0 Å². The van der Waals surface area contributed by atoms with E-state index in [1.165, 1.54) is 17.0 Å². The molecular weight excluding hydrogens is 467 g/mol. The highest BCUT2D eigenvalue weighted by molar-refractivity contribution is 6.04. The predicted octanol–water partition coefficient (Wildman–Crippen LogP) is 3.52. The van der Waals surface area contributed by atoms with E-state index in [-0.39, 0.29) is 17.9 Å². The summed E-state index contributed by atoms with van der Waals surface area (Å²) >= 11 is 0. The number of ether oxygens (including phenoxy) is 2. The molecule has 1 atom stereocenters. The zero-order valence-electron chi connectivity index (χ0n) is 20.2. The van der Waals surface area contributed by atoms with Crippen molar-refractivity contribution in [2.24, 2.45) is 7.05 Å². The molecule has 0 bridgehead atoms. The summed E-state index contributed by atoms with van der Waals surface area (Å²) in [6.07, 6.45) is 2.14. The minimum absolute atomic E-state index is 0.0883. The van der Waals surface area contributed by atoms with Gasteiger partial charge in [-0.05, 0) is 44.5 Å². The molecule has 2 aliphatic rings. The number of nitrogens with one attached hydrogen (secondary N) is 1. The van der Waals surface area contributed by atoms with Gasteiger partial charge in [-0.3, -0.25) is 14.3 Å². The molecule has 188 valence electrons. The number of hydrogen-bond donors (Lipinski definition) is 2. The molecule has 0 aliphatic carbocycles. The number of fused-ring (bicyclic) bond motifs is 1. The Morgan fingerprint density at radius 3 is 2.72 bits per heavy atom. The van der Waals surface area contributed by atoms with Crippen LogP contribution in [-0.4, -0.2) is 56.4 Å². The number of amides is 2. The van der Waals surface area contributed by atoms with E-state index in [1.54, 1.807) is 36.1 Å². The third-order valence-electron chi connectivity index (χ3n) is 6.22. The summed E-state index contributed by atoms with van der Waals surface area (Å²) < 4.78 is 28.6. The lowest BCUT2D eigenvalue weighted by atomic mass is 9.99. The largest absolute Gasteiger partial charge is 0.487 e. The van der Waals surface area contributed by atoms with Crippen LogP contribution in [0.2, 0.25) is 0 Å². The number of nitrogens with zero attached hydrogens (tertiary/aromatic N) is 3. The van der Waals surface area contributed by atoms with E-state index in [9.17, 15) is 19.1 Å². The van der Waals surface area contributed by atoms with Gasteiger partial charge >= 0.3 is 0 Å². The van der Waals surface area contributed by atoms with Crippen LogP contribution in [-0.2, 0) is 13.5 Å². The highest BCUT2D eigenvalue weighted by Crippen LogP contribution is 2.43. The number of carbonyl (C=O) groups excluding carboxylic acids is 2. The van der Waals surface area contributed by atoms with Crippen LogP contribution in [0.25, 0.3) is 0 Å². The van der Waals surface area contributed by atoms with Crippen molar-refractivity contribution < 1.29 is 28.6 Å². The molecule has 2 N–H and O–H groups in total. The average molecular weight is 495 g/mol. The van der Waals surface area contributed by atoms with Gasteiger partial charge < -0.3 is 24.8 Å². The summed E-state index contributed by atoms with van der Waals surface area (Å²) in [7, 11) is 1.75. The highest BCUT2D eigenvalue weighted by Gasteiger charge is 2.34. The molecule has 5 rings (SSSR count). The van der Waals surface area contributed by atoms with Gasteiger partial charge in [0.1, 0.15) is 28.7 Å². The predicted molar refractivity (Wildman–Crippen MR) is 129 cm³/mol. The normalized spacial score (nSPS) is 18.0. The second-order valence-corrected chi connectivity index (χ2v) is 9.76. The molecule has 1 aromatic heterocycles.